The van der Waals surface area contributed by atoms with Gasteiger partial charge < -0.3 is 5.11 Å². The lowest BCUT2D eigenvalue weighted by Crippen LogP contribution is -2.07. The Balaban J connectivity index is 2.19. The Morgan fingerprint density at radius 3 is 2.61 bits per heavy atom. The lowest BCUT2D eigenvalue weighted by Gasteiger charge is -2.13. The molecular formula is C15H19NOS. The van der Waals surface area contributed by atoms with Crippen LogP contribution in [0.2, 0.25) is 0 Å². The van der Waals surface area contributed by atoms with Gasteiger partial charge in [0.05, 0.1) is 17.3 Å². The molecule has 0 spiro atoms. The van der Waals surface area contributed by atoms with E-state index in [2.05, 4.69) is 37.0 Å². The number of hydrogen-bond acceptors (Lipinski definition) is 3. The van der Waals surface area contributed by atoms with Crippen LogP contribution < -0.4 is 0 Å². The van der Waals surface area contributed by atoms with Gasteiger partial charge in [0.15, 0.2) is 0 Å². The molecule has 1 atom stereocenters. The maximum atomic E-state index is 9.58. The SMILES string of the molecule is Cc1cccc(C(CO)Cc2nc(C)c(C)s2)c1. The van der Waals surface area contributed by atoms with E-state index in [1.165, 1.54) is 16.0 Å². The number of aliphatic hydroxyl groups is 1. The van der Waals surface area contributed by atoms with Crippen LogP contribution in [0, 0.1) is 20.8 Å². The van der Waals surface area contributed by atoms with E-state index in [9.17, 15) is 5.11 Å². The number of aromatic nitrogens is 1. The Kier molecular flexibility index (Phi) is 4.15. The van der Waals surface area contributed by atoms with Gasteiger partial charge >= 0.3 is 0 Å². The van der Waals surface area contributed by atoms with Crippen molar-refractivity contribution in [2.75, 3.05) is 6.61 Å². The Morgan fingerprint density at radius 2 is 2.06 bits per heavy atom. The smallest absolute Gasteiger partial charge is 0.0937 e. The number of benzene rings is 1. The van der Waals surface area contributed by atoms with Gasteiger partial charge in [-0.3, -0.25) is 0 Å². The van der Waals surface area contributed by atoms with E-state index in [4.69, 9.17) is 0 Å². The minimum atomic E-state index is 0.148. The van der Waals surface area contributed by atoms with Gasteiger partial charge in [0.25, 0.3) is 0 Å². The minimum Gasteiger partial charge on any atom is -0.396 e. The molecule has 1 aromatic heterocycles. The summed E-state index contributed by atoms with van der Waals surface area (Å²) in [6.07, 6.45) is 0.819. The number of nitrogens with zero attached hydrogens (tertiary/aromatic N) is 1. The van der Waals surface area contributed by atoms with Gasteiger partial charge in [0, 0.05) is 17.2 Å². The highest BCUT2D eigenvalue weighted by Gasteiger charge is 2.14. The maximum absolute atomic E-state index is 9.58. The molecule has 2 aromatic rings. The zero-order valence-electron chi connectivity index (χ0n) is 11.1. The molecule has 0 radical (unpaired) electrons. The second-order valence-corrected chi connectivity index (χ2v) is 6.03. The van der Waals surface area contributed by atoms with Gasteiger partial charge in [-0.15, -0.1) is 11.3 Å². The van der Waals surface area contributed by atoms with Crippen molar-refractivity contribution < 1.29 is 5.11 Å². The number of rotatable bonds is 4. The van der Waals surface area contributed by atoms with Crippen molar-refractivity contribution >= 4 is 11.3 Å². The Labute approximate surface area is 112 Å². The highest BCUT2D eigenvalue weighted by Crippen LogP contribution is 2.25. The van der Waals surface area contributed by atoms with Crippen molar-refractivity contribution in [1.82, 2.24) is 4.98 Å². The average Bonchev–Trinajstić information content (AvgIpc) is 2.65. The Morgan fingerprint density at radius 1 is 1.28 bits per heavy atom. The van der Waals surface area contributed by atoms with Crippen LogP contribution in [-0.2, 0) is 6.42 Å². The van der Waals surface area contributed by atoms with Crippen LogP contribution in [0.1, 0.15) is 32.6 Å². The number of hydrogen-bond donors (Lipinski definition) is 1. The van der Waals surface area contributed by atoms with Crippen LogP contribution in [0.4, 0.5) is 0 Å². The maximum Gasteiger partial charge on any atom is 0.0937 e. The molecule has 0 amide bonds. The molecule has 0 saturated carbocycles. The highest BCUT2D eigenvalue weighted by molar-refractivity contribution is 7.11. The van der Waals surface area contributed by atoms with Crippen molar-refractivity contribution in [1.29, 1.82) is 0 Å². The van der Waals surface area contributed by atoms with Gasteiger partial charge in [-0.1, -0.05) is 29.8 Å². The van der Waals surface area contributed by atoms with Crippen LogP contribution in [0.3, 0.4) is 0 Å². The predicted molar refractivity (Wildman–Crippen MR) is 76.3 cm³/mol. The second-order valence-electron chi connectivity index (χ2n) is 4.75. The van der Waals surface area contributed by atoms with E-state index in [1.807, 2.05) is 13.0 Å². The van der Waals surface area contributed by atoms with Crippen LogP contribution >= 0.6 is 11.3 Å². The molecule has 1 N–H and O–H groups in total. The largest absolute Gasteiger partial charge is 0.396 e. The summed E-state index contributed by atoms with van der Waals surface area (Å²) >= 11 is 1.73. The molecule has 0 aliphatic heterocycles. The van der Waals surface area contributed by atoms with Crippen LogP contribution in [-0.4, -0.2) is 16.7 Å². The molecule has 0 bridgehead atoms. The molecule has 3 heteroatoms. The van der Waals surface area contributed by atoms with E-state index in [-0.39, 0.29) is 12.5 Å². The van der Waals surface area contributed by atoms with Gasteiger partial charge in [0.2, 0.25) is 0 Å². The molecule has 0 aliphatic carbocycles. The molecule has 0 aliphatic rings. The first kappa shape index (κ1) is 13.2. The summed E-state index contributed by atoms with van der Waals surface area (Å²) < 4.78 is 0. The first-order valence-corrected chi connectivity index (χ1v) is 7.02. The topological polar surface area (TPSA) is 33.1 Å². The summed E-state index contributed by atoms with van der Waals surface area (Å²) in [7, 11) is 0. The zero-order valence-corrected chi connectivity index (χ0v) is 11.9. The quantitative estimate of drug-likeness (QED) is 0.915. The van der Waals surface area contributed by atoms with Gasteiger partial charge in [-0.25, -0.2) is 4.98 Å². The Hall–Kier alpha value is -1.19. The first-order valence-electron chi connectivity index (χ1n) is 6.20. The molecule has 2 nitrogen and oxygen atoms in total. The third-order valence-corrected chi connectivity index (χ3v) is 4.32. The molecule has 0 fully saturated rings. The third kappa shape index (κ3) is 2.98. The van der Waals surface area contributed by atoms with E-state index in [1.54, 1.807) is 11.3 Å². The summed E-state index contributed by atoms with van der Waals surface area (Å²) in [4.78, 5) is 5.82. The number of aliphatic hydroxyl groups excluding tert-OH is 1. The normalized spacial score (nSPS) is 12.7. The van der Waals surface area contributed by atoms with E-state index in [0.717, 1.165) is 17.1 Å². The summed E-state index contributed by atoms with van der Waals surface area (Å²) in [6, 6.07) is 8.36. The van der Waals surface area contributed by atoms with Crippen molar-refractivity contribution in [2.45, 2.75) is 33.1 Å². The monoisotopic (exact) mass is 261 g/mol. The number of aryl methyl sites for hydroxylation is 3. The van der Waals surface area contributed by atoms with Crippen LogP contribution in [0.5, 0.6) is 0 Å². The molecule has 1 unspecified atom stereocenters. The lowest BCUT2D eigenvalue weighted by molar-refractivity contribution is 0.264. The summed E-state index contributed by atoms with van der Waals surface area (Å²) in [5, 5.41) is 10.7. The lowest BCUT2D eigenvalue weighted by atomic mass is 9.95. The first-order chi connectivity index (χ1) is 8.60. The molecular weight excluding hydrogens is 242 g/mol. The molecule has 2 rings (SSSR count). The fourth-order valence-electron chi connectivity index (χ4n) is 2.05. The summed E-state index contributed by atoms with van der Waals surface area (Å²) in [5.74, 6) is 0.148. The molecule has 1 heterocycles. The Bertz CT molecular complexity index is 514. The van der Waals surface area contributed by atoms with Crippen molar-refractivity contribution in [3.63, 3.8) is 0 Å². The van der Waals surface area contributed by atoms with Gasteiger partial charge in [-0.2, -0.15) is 0 Å². The van der Waals surface area contributed by atoms with E-state index in [0.29, 0.717) is 0 Å². The van der Waals surface area contributed by atoms with Gasteiger partial charge in [-0.05, 0) is 26.3 Å². The summed E-state index contributed by atoms with van der Waals surface area (Å²) in [5.41, 5.74) is 3.54. The average molecular weight is 261 g/mol. The van der Waals surface area contributed by atoms with Crippen LogP contribution in [0.15, 0.2) is 24.3 Å². The zero-order chi connectivity index (χ0) is 13.1. The van der Waals surface area contributed by atoms with Crippen LogP contribution in [0.25, 0.3) is 0 Å². The number of thiazole rings is 1. The van der Waals surface area contributed by atoms with Gasteiger partial charge in [0.1, 0.15) is 0 Å². The van der Waals surface area contributed by atoms with E-state index < -0.39 is 0 Å². The molecule has 18 heavy (non-hydrogen) atoms. The molecule has 1 aromatic carbocycles. The summed E-state index contributed by atoms with van der Waals surface area (Å²) in [6.45, 7) is 6.38. The standard InChI is InChI=1S/C15H19NOS/c1-10-5-4-6-13(7-10)14(9-17)8-15-16-11(2)12(3)18-15/h4-7,14,17H,8-9H2,1-3H3. The molecule has 0 saturated heterocycles. The van der Waals surface area contributed by atoms with Crippen molar-refractivity contribution in [3.05, 3.63) is 51.0 Å². The van der Waals surface area contributed by atoms with E-state index >= 15 is 0 Å². The minimum absolute atomic E-state index is 0.148. The van der Waals surface area contributed by atoms with Crippen molar-refractivity contribution in [3.8, 4) is 0 Å². The second kappa shape index (κ2) is 5.63. The van der Waals surface area contributed by atoms with Crippen molar-refractivity contribution in [2.24, 2.45) is 0 Å². The fraction of sp³-hybridized carbons (Fsp3) is 0.400. The predicted octanol–water partition coefficient (Wildman–Crippen LogP) is 3.39. The third-order valence-electron chi connectivity index (χ3n) is 3.23. The fourth-order valence-corrected chi connectivity index (χ4v) is 3.06. The highest BCUT2D eigenvalue weighted by atomic mass is 32.1. The molecule has 96 valence electrons.